The number of carbonyl (C=O) groups is 1. The number of benzene rings is 1. The first-order valence-corrected chi connectivity index (χ1v) is 5.24. The van der Waals surface area contributed by atoms with Crippen LogP contribution in [0.15, 0.2) is 18.2 Å². The molecule has 16 heavy (non-hydrogen) atoms. The average Bonchev–Trinajstić information content (AvgIpc) is 2.22. The first-order chi connectivity index (χ1) is 7.50. The summed E-state index contributed by atoms with van der Waals surface area (Å²) in [4.78, 5) is 11.4. The van der Waals surface area contributed by atoms with Gasteiger partial charge in [-0.25, -0.2) is 8.78 Å². The largest absolute Gasteiger partial charge is 0.324 e. The summed E-state index contributed by atoms with van der Waals surface area (Å²) in [5.74, 6) is -1.86. The lowest BCUT2D eigenvalue weighted by Gasteiger charge is -2.07. The molecule has 0 heterocycles. The number of rotatable bonds is 4. The number of anilines is 1. The molecule has 2 nitrogen and oxygen atoms in total. The molecule has 0 spiro atoms. The van der Waals surface area contributed by atoms with Crippen molar-refractivity contribution in [2.45, 2.75) is 26.7 Å². The smallest absolute Gasteiger partial charge is 0.224 e. The van der Waals surface area contributed by atoms with E-state index in [1.165, 1.54) is 12.1 Å². The Morgan fingerprint density at radius 2 is 2.06 bits per heavy atom. The van der Waals surface area contributed by atoms with Crippen molar-refractivity contribution in [3.05, 3.63) is 29.8 Å². The number of carbonyl (C=O) groups excluding carboxylic acids is 1. The second-order valence-electron chi connectivity index (χ2n) is 4.08. The van der Waals surface area contributed by atoms with Crippen LogP contribution in [0, 0.1) is 17.6 Å². The minimum atomic E-state index is -1.01. The summed E-state index contributed by atoms with van der Waals surface area (Å²) in [6.07, 6.45) is 1.04. The minimum Gasteiger partial charge on any atom is -0.324 e. The number of hydrogen-bond donors (Lipinski definition) is 1. The molecular formula is C12H15F2NO. The van der Waals surface area contributed by atoms with Crippen molar-refractivity contribution >= 4 is 11.6 Å². The second-order valence-corrected chi connectivity index (χ2v) is 4.08. The maximum Gasteiger partial charge on any atom is 0.224 e. The highest BCUT2D eigenvalue weighted by Crippen LogP contribution is 2.17. The van der Waals surface area contributed by atoms with Gasteiger partial charge in [0.05, 0.1) is 5.69 Å². The molecule has 1 rings (SSSR count). The van der Waals surface area contributed by atoms with E-state index in [-0.39, 0.29) is 11.6 Å². The average molecular weight is 227 g/mol. The van der Waals surface area contributed by atoms with Crippen LogP contribution in [-0.2, 0) is 4.79 Å². The lowest BCUT2D eigenvalue weighted by atomic mass is 10.1. The molecule has 1 aromatic rings. The number of hydrogen-bond acceptors (Lipinski definition) is 1. The molecule has 0 aliphatic heterocycles. The van der Waals surface area contributed by atoms with Crippen molar-refractivity contribution in [1.82, 2.24) is 0 Å². The van der Waals surface area contributed by atoms with Gasteiger partial charge in [-0.2, -0.15) is 0 Å². The molecule has 0 radical (unpaired) electrons. The summed E-state index contributed by atoms with van der Waals surface area (Å²) in [7, 11) is 0. The Balaban J connectivity index is 2.59. The monoisotopic (exact) mass is 227 g/mol. The van der Waals surface area contributed by atoms with Gasteiger partial charge in [0.2, 0.25) is 5.91 Å². The van der Waals surface area contributed by atoms with E-state index in [1.54, 1.807) is 0 Å². The molecule has 4 heteroatoms. The van der Waals surface area contributed by atoms with Gasteiger partial charge in [-0.05, 0) is 24.5 Å². The van der Waals surface area contributed by atoms with Gasteiger partial charge in [-0.15, -0.1) is 0 Å². The van der Waals surface area contributed by atoms with Crippen LogP contribution in [0.25, 0.3) is 0 Å². The van der Waals surface area contributed by atoms with Crippen LogP contribution in [0.3, 0.4) is 0 Å². The molecule has 0 fully saturated rings. The first kappa shape index (κ1) is 12.6. The van der Waals surface area contributed by atoms with Gasteiger partial charge in [0.25, 0.3) is 0 Å². The normalized spacial score (nSPS) is 10.6. The van der Waals surface area contributed by atoms with Crippen LogP contribution < -0.4 is 5.32 Å². The molecule has 0 aliphatic rings. The van der Waals surface area contributed by atoms with E-state index in [9.17, 15) is 13.6 Å². The Morgan fingerprint density at radius 1 is 1.38 bits per heavy atom. The van der Waals surface area contributed by atoms with Crippen molar-refractivity contribution < 1.29 is 13.6 Å². The zero-order chi connectivity index (χ0) is 12.1. The summed E-state index contributed by atoms with van der Waals surface area (Å²) in [5, 5.41) is 2.35. The molecule has 1 N–H and O–H groups in total. The van der Waals surface area contributed by atoms with Crippen LogP contribution in [-0.4, -0.2) is 5.91 Å². The number of amides is 1. The van der Waals surface area contributed by atoms with Gasteiger partial charge in [-0.1, -0.05) is 19.9 Å². The fourth-order valence-corrected chi connectivity index (χ4v) is 1.23. The fraction of sp³-hybridized carbons (Fsp3) is 0.417. The quantitative estimate of drug-likeness (QED) is 0.839. The van der Waals surface area contributed by atoms with E-state index >= 15 is 0 Å². The molecule has 88 valence electrons. The Bertz CT molecular complexity index is 377. The highest BCUT2D eigenvalue weighted by molar-refractivity contribution is 5.90. The van der Waals surface area contributed by atoms with Gasteiger partial charge >= 0.3 is 0 Å². The Morgan fingerprint density at radius 3 is 2.69 bits per heavy atom. The third-order valence-corrected chi connectivity index (χ3v) is 2.17. The molecule has 0 unspecified atom stereocenters. The molecule has 0 saturated carbocycles. The summed E-state index contributed by atoms with van der Waals surface area (Å²) in [6, 6.07) is 3.71. The fourth-order valence-electron chi connectivity index (χ4n) is 1.23. The zero-order valence-corrected chi connectivity index (χ0v) is 9.39. The zero-order valence-electron chi connectivity index (χ0n) is 9.39. The Kier molecular flexibility index (Phi) is 4.40. The summed E-state index contributed by atoms with van der Waals surface area (Å²) < 4.78 is 26.0. The minimum absolute atomic E-state index is 0.103. The van der Waals surface area contributed by atoms with Crippen molar-refractivity contribution in [3.63, 3.8) is 0 Å². The molecular weight excluding hydrogens is 212 g/mol. The third kappa shape index (κ3) is 3.61. The molecule has 1 amide bonds. The van der Waals surface area contributed by atoms with E-state index in [0.29, 0.717) is 12.3 Å². The molecule has 0 aliphatic carbocycles. The van der Waals surface area contributed by atoms with E-state index in [0.717, 1.165) is 12.5 Å². The molecule has 0 saturated heterocycles. The van der Waals surface area contributed by atoms with E-state index in [2.05, 4.69) is 5.32 Å². The first-order valence-electron chi connectivity index (χ1n) is 5.24. The maximum absolute atomic E-state index is 13.2. The van der Waals surface area contributed by atoms with Gasteiger partial charge in [0.1, 0.15) is 0 Å². The predicted octanol–water partition coefficient (Wildman–Crippen LogP) is 3.34. The van der Waals surface area contributed by atoms with Crippen molar-refractivity contribution in [2.75, 3.05) is 5.32 Å². The van der Waals surface area contributed by atoms with E-state index in [1.807, 2.05) is 13.8 Å². The number of nitrogens with one attached hydrogen (secondary N) is 1. The topological polar surface area (TPSA) is 29.1 Å². The van der Waals surface area contributed by atoms with Gasteiger partial charge in [0.15, 0.2) is 11.6 Å². The van der Waals surface area contributed by atoms with Crippen LogP contribution in [0.4, 0.5) is 14.5 Å². The van der Waals surface area contributed by atoms with Crippen molar-refractivity contribution in [3.8, 4) is 0 Å². The lowest BCUT2D eigenvalue weighted by Crippen LogP contribution is -2.13. The third-order valence-electron chi connectivity index (χ3n) is 2.17. The molecule has 0 atom stereocenters. The van der Waals surface area contributed by atoms with Crippen molar-refractivity contribution in [1.29, 1.82) is 0 Å². The molecule has 0 aromatic heterocycles. The Hall–Kier alpha value is -1.45. The second kappa shape index (κ2) is 5.58. The van der Waals surface area contributed by atoms with Gasteiger partial charge < -0.3 is 5.32 Å². The lowest BCUT2D eigenvalue weighted by molar-refractivity contribution is -0.116. The standard InChI is InChI=1S/C12H15F2NO/c1-8(2)6-7-11(16)15-10-5-3-4-9(13)12(10)14/h3-5,8H,6-7H2,1-2H3,(H,15,16). The number of halogens is 2. The van der Waals surface area contributed by atoms with Gasteiger partial charge in [-0.3, -0.25) is 4.79 Å². The van der Waals surface area contributed by atoms with Crippen molar-refractivity contribution in [2.24, 2.45) is 5.92 Å². The van der Waals surface area contributed by atoms with Crippen LogP contribution in [0.1, 0.15) is 26.7 Å². The summed E-state index contributed by atoms with van der Waals surface area (Å²) >= 11 is 0. The van der Waals surface area contributed by atoms with Gasteiger partial charge in [0, 0.05) is 6.42 Å². The molecule has 0 bridgehead atoms. The molecule has 1 aromatic carbocycles. The van der Waals surface area contributed by atoms with Crippen LogP contribution >= 0.6 is 0 Å². The van der Waals surface area contributed by atoms with E-state index < -0.39 is 11.6 Å². The highest BCUT2D eigenvalue weighted by Gasteiger charge is 2.10. The van der Waals surface area contributed by atoms with Crippen LogP contribution in [0.2, 0.25) is 0 Å². The highest BCUT2D eigenvalue weighted by atomic mass is 19.2. The van der Waals surface area contributed by atoms with Crippen LogP contribution in [0.5, 0.6) is 0 Å². The van der Waals surface area contributed by atoms with E-state index in [4.69, 9.17) is 0 Å². The predicted molar refractivity (Wildman–Crippen MR) is 59.1 cm³/mol. The summed E-state index contributed by atoms with van der Waals surface area (Å²) in [6.45, 7) is 3.99. The Labute approximate surface area is 93.7 Å². The summed E-state index contributed by atoms with van der Waals surface area (Å²) in [5.41, 5.74) is -0.103. The SMILES string of the molecule is CC(C)CCC(=O)Nc1cccc(F)c1F. The maximum atomic E-state index is 13.2.